The highest BCUT2D eigenvalue weighted by molar-refractivity contribution is 7.91. The summed E-state index contributed by atoms with van der Waals surface area (Å²) >= 11 is 0.690. The fourth-order valence-electron chi connectivity index (χ4n) is 2.11. The largest absolute Gasteiger partial charge is 0.385 e. The third-order valence-corrected chi connectivity index (χ3v) is 6.10. The van der Waals surface area contributed by atoms with Crippen molar-refractivity contribution in [3.63, 3.8) is 0 Å². The number of rotatable bonds is 6. The molecule has 1 aromatic heterocycles. The van der Waals surface area contributed by atoms with E-state index >= 15 is 0 Å². The summed E-state index contributed by atoms with van der Waals surface area (Å²) in [5, 5.41) is 10.6. The van der Waals surface area contributed by atoms with E-state index in [2.05, 4.69) is 4.72 Å². The Balaban J connectivity index is 1.95. The summed E-state index contributed by atoms with van der Waals surface area (Å²) in [6.07, 6.45) is 3.72. The lowest BCUT2D eigenvalue weighted by atomic mass is 10.1. The average Bonchev–Trinajstić information content (AvgIpc) is 2.83. The second-order valence-electron chi connectivity index (χ2n) is 4.75. The maximum atomic E-state index is 12.0. The Morgan fingerprint density at radius 2 is 2.29 bits per heavy atom. The summed E-state index contributed by atoms with van der Waals surface area (Å²) in [5.74, 6) is 0. The van der Waals surface area contributed by atoms with E-state index in [4.69, 9.17) is 10.5 Å². The summed E-state index contributed by atoms with van der Waals surface area (Å²) in [5.41, 5.74) is 5.07. The standard InChI is InChI=1S/C11H17N3O5S2/c12-11-9(14(15)16)7-10(20-11)21(17,18)13-5-4-8-3-1-2-6-19-8/h7-8,13H,1-6,12H2. The monoisotopic (exact) mass is 335 g/mol. The van der Waals surface area contributed by atoms with Gasteiger partial charge in [0.25, 0.3) is 0 Å². The maximum absolute atomic E-state index is 12.0. The topological polar surface area (TPSA) is 125 Å². The van der Waals surface area contributed by atoms with Gasteiger partial charge in [-0.05, 0) is 25.7 Å². The lowest BCUT2D eigenvalue weighted by Crippen LogP contribution is -2.29. The van der Waals surface area contributed by atoms with E-state index in [1.807, 2.05) is 0 Å². The van der Waals surface area contributed by atoms with E-state index in [0.717, 1.165) is 25.3 Å². The zero-order valence-corrected chi connectivity index (χ0v) is 12.9. The summed E-state index contributed by atoms with van der Waals surface area (Å²) in [6.45, 7) is 0.948. The Bertz CT molecular complexity index is 607. The summed E-state index contributed by atoms with van der Waals surface area (Å²) in [4.78, 5) is 9.99. The molecule has 1 unspecified atom stereocenters. The molecule has 0 amide bonds. The van der Waals surface area contributed by atoms with Gasteiger partial charge in [0.2, 0.25) is 10.0 Å². The lowest BCUT2D eigenvalue weighted by Gasteiger charge is -2.22. The smallest absolute Gasteiger partial charge is 0.304 e. The number of nitrogens with one attached hydrogen (secondary N) is 1. The van der Waals surface area contributed by atoms with E-state index in [1.165, 1.54) is 0 Å². The van der Waals surface area contributed by atoms with E-state index in [0.29, 0.717) is 24.4 Å². The minimum Gasteiger partial charge on any atom is -0.385 e. The van der Waals surface area contributed by atoms with Gasteiger partial charge in [0.1, 0.15) is 4.21 Å². The quantitative estimate of drug-likeness (QED) is 0.599. The number of nitrogens with two attached hydrogens (primary N) is 1. The van der Waals surface area contributed by atoms with E-state index < -0.39 is 14.9 Å². The SMILES string of the molecule is Nc1sc(S(=O)(=O)NCCC2CCCCO2)cc1[N+](=O)[O-]. The molecule has 8 nitrogen and oxygen atoms in total. The fourth-order valence-corrected chi connectivity index (χ4v) is 4.41. The van der Waals surface area contributed by atoms with Gasteiger partial charge in [0.15, 0.2) is 5.00 Å². The molecule has 1 atom stereocenters. The van der Waals surface area contributed by atoms with Crippen LogP contribution < -0.4 is 10.5 Å². The summed E-state index contributed by atoms with van der Waals surface area (Å²) in [6, 6.07) is 0.986. The Morgan fingerprint density at radius 3 is 2.86 bits per heavy atom. The molecule has 21 heavy (non-hydrogen) atoms. The first-order chi connectivity index (χ1) is 9.90. The van der Waals surface area contributed by atoms with Crippen LogP contribution in [0.1, 0.15) is 25.7 Å². The summed E-state index contributed by atoms with van der Waals surface area (Å²) < 4.78 is 31.9. The highest BCUT2D eigenvalue weighted by atomic mass is 32.2. The molecule has 1 fully saturated rings. The fraction of sp³-hybridized carbons (Fsp3) is 0.636. The van der Waals surface area contributed by atoms with Gasteiger partial charge in [-0.2, -0.15) is 0 Å². The number of sulfonamides is 1. The Morgan fingerprint density at radius 1 is 1.52 bits per heavy atom. The normalized spacial score (nSPS) is 19.5. The molecule has 0 aliphatic carbocycles. The highest BCUT2D eigenvalue weighted by Crippen LogP contribution is 2.34. The molecule has 10 heteroatoms. The first-order valence-corrected chi connectivity index (χ1v) is 8.85. The molecule has 3 N–H and O–H groups in total. The van der Waals surface area contributed by atoms with Crippen LogP contribution in [0.25, 0.3) is 0 Å². The molecule has 1 aliphatic rings. The number of nitrogens with zero attached hydrogens (tertiary/aromatic N) is 1. The van der Waals surface area contributed by atoms with Gasteiger partial charge in [-0.25, -0.2) is 13.1 Å². The molecule has 1 saturated heterocycles. The Kier molecular flexibility index (Phi) is 5.14. The Hall–Kier alpha value is -1.23. The molecular formula is C11H17N3O5S2. The molecule has 0 aromatic carbocycles. The van der Waals surface area contributed by atoms with Crippen LogP contribution in [0.5, 0.6) is 0 Å². The first-order valence-electron chi connectivity index (χ1n) is 6.55. The molecule has 1 aliphatic heterocycles. The van der Waals surface area contributed by atoms with Gasteiger partial charge < -0.3 is 10.5 Å². The zero-order chi connectivity index (χ0) is 15.5. The van der Waals surface area contributed by atoms with Crippen LogP contribution in [0, 0.1) is 10.1 Å². The number of nitro groups is 1. The highest BCUT2D eigenvalue weighted by Gasteiger charge is 2.25. The molecule has 2 heterocycles. The van der Waals surface area contributed by atoms with E-state index in [1.54, 1.807) is 0 Å². The van der Waals surface area contributed by atoms with Crippen LogP contribution in [0.4, 0.5) is 10.7 Å². The molecule has 1 aromatic rings. The predicted octanol–water partition coefficient (Wildman–Crippen LogP) is 1.48. The van der Waals surface area contributed by atoms with Crippen LogP contribution in [-0.2, 0) is 14.8 Å². The van der Waals surface area contributed by atoms with Gasteiger partial charge in [-0.3, -0.25) is 10.1 Å². The van der Waals surface area contributed by atoms with Gasteiger partial charge >= 0.3 is 5.69 Å². The molecular weight excluding hydrogens is 318 g/mol. The van der Waals surface area contributed by atoms with Crippen molar-refractivity contribution < 1.29 is 18.1 Å². The third-order valence-electron chi connectivity index (χ3n) is 3.21. The van der Waals surface area contributed by atoms with Gasteiger partial charge in [0, 0.05) is 19.2 Å². The maximum Gasteiger partial charge on any atom is 0.304 e. The summed E-state index contributed by atoms with van der Waals surface area (Å²) in [7, 11) is -3.77. The van der Waals surface area contributed by atoms with Gasteiger partial charge in [-0.1, -0.05) is 11.3 Å². The average molecular weight is 335 g/mol. The van der Waals surface area contributed by atoms with Crippen molar-refractivity contribution in [2.24, 2.45) is 0 Å². The second-order valence-corrected chi connectivity index (χ2v) is 7.82. The van der Waals surface area contributed by atoms with Crippen molar-refractivity contribution in [1.82, 2.24) is 4.72 Å². The van der Waals surface area contributed by atoms with Gasteiger partial charge in [-0.15, -0.1) is 0 Å². The van der Waals surface area contributed by atoms with E-state index in [-0.39, 0.29) is 27.5 Å². The minimum atomic E-state index is -3.77. The third kappa shape index (κ3) is 4.13. The Labute approximate surface area is 126 Å². The van der Waals surface area contributed by atoms with Crippen LogP contribution in [0.15, 0.2) is 10.3 Å². The van der Waals surface area contributed by atoms with Crippen molar-refractivity contribution in [3.05, 3.63) is 16.2 Å². The minimum absolute atomic E-state index is 0.0733. The predicted molar refractivity (Wildman–Crippen MR) is 78.8 cm³/mol. The van der Waals surface area contributed by atoms with Crippen LogP contribution >= 0.6 is 11.3 Å². The van der Waals surface area contributed by atoms with Crippen LogP contribution in [0.3, 0.4) is 0 Å². The molecule has 0 spiro atoms. The number of anilines is 1. The van der Waals surface area contributed by atoms with Crippen LogP contribution in [0.2, 0.25) is 0 Å². The van der Waals surface area contributed by atoms with Crippen molar-refractivity contribution in [3.8, 4) is 0 Å². The number of thiophene rings is 1. The number of hydrogen-bond donors (Lipinski definition) is 2. The van der Waals surface area contributed by atoms with Crippen molar-refractivity contribution >= 4 is 32.0 Å². The lowest BCUT2D eigenvalue weighted by molar-refractivity contribution is -0.383. The number of ether oxygens (including phenoxy) is 1. The number of nitrogen functional groups attached to an aromatic ring is 1. The molecule has 118 valence electrons. The second kappa shape index (κ2) is 6.69. The molecule has 0 bridgehead atoms. The van der Waals surface area contributed by atoms with Crippen molar-refractivity contribution in [1.29, 1.82) is 0 Å². The van der Waals surface area contributed by atoms with E-state index in [9.17, 15) is 18.5 Å². The van der Waals surface area contributed by atoms with Gasteiger partial charge in [0.05, 0.1) is 11.0 Å². The molecule has 0 radical (unpaired) electrons. The molecule has 0 saturated carbocycles. The van der Waals surface area contributed by atoms with Crippen LogP contribution in [-0.4, -0.2) is 32.6 Å². The van der Waals surface area contributed by atoms with Crippen molar-refractivity contribution in [2.75, 3.05) is 18.9 Å². The zero-order valence-electron chi connectivity index (χ0n) is 11.3. The van der Waals surface area contributed by atoms with Crippen molar-refractivity contribution in [2.45, 2.75) is 36.0 Å². The first kappa shape index (κ1) is 16.1. The number of hydrogen-bond acceptors (Lipinski definition) is 7. The molecule has 2 rings (SSSR count).